The maximum Gasteiger partial charge on any atom is 0.313 e. The highest BCUT2D eigenvalue weighted by atomic mass is 16.5. The van der Waals surface area contributed by atoms with Crippen molar-refractivity contribution in [1.29, 1.82) is 0 Å². The first-order valence-electron chi connectivity index (χ1n) is 5.87. The molecule has 0 spiro atoms. The van der Waals surface area contributed by atoms with Crippen LogP contribution in [0, 0.1) is 11.3 Å². The molecule has 0 aliphatic carbocycles. The lowest BCUT2D eigenvalue weighted by atomic mass is 9.88. The van der Waals surface area contributed by atoms with Gasteiger partial charge in [-0.25, -0.2) is 0 Å². The number of carbonyl (C=O) groups is 1. The number of rotatable bonds is 7. The second-order valence-electron chi connectivity index (χ2n) is 4.61. The Morgan fingerprint density at radius 2 is 2.07 bits per heavy atom. The van der Waals surface area contributed by atoms with E-state index < -0.39 is 5.41 Å². The minimum Gasteiger partial charge on any atom is -0.465 e. The van der Waals surface area contributed by atoms with Gasteiger partial charge in [-0.05, 0) is 25.7 Å². The average Bonchev–Trinajstić information content (AvgIpc) is 2.25. The quantitative estimate of drug-likeness (QED) is 0.663. The normalized spacial score (nSPS) is 16.9. The van der Waals surface area contributed by atoms with Crippen LogP contribution in [0.25, 0.3) is 0 Å². The molecular weight excluding hydrogens is 190 g/mol. The zero-order valence-electron chi connectivity index (χ0n) is 10.5. The molecule has 0 fully saturated rings. The average molecular weight is 215 g/mol. The van der Waals surface area contributed by atoms with E-state index in [9.17, 15) is 4.79 Å². The smallest absolute Gasteiger partial charge is 0.313 e. The van der Waals surface area contributed by atoms with Crippen molar-refractivity contribution in [1.82, 2.24) is 0 Å². The van der Waals surface area contributed by atoms with Crippen molar-refractivity contribution in [3.05, 3.63) is 0 Å². The molecule has 0 heterocycles. The third-order valence-electron chi connectivity index (χ3n) is 3.00. The molecule has 0 saturated heterocycles. The van der Waals surface area contributed by atoms with E-state index in [0.29, 0.717) is 19.1 Å². The molecule has 2 unspecified atom stereocenters. The Hall–Kier alpha value is -0.570. The van der Waals surface area contributed by atoms with Gasteiger partial charge >= 0.3 is 5.97 Å². The largest absolute Gasteiger partial charge is 0.465 e. The Kier molecular flexibility index (Phi) is 6.57. The van der Waals surface area contributed by atoms with Gasteiger partial charge in [0.15, 0.2) is 0 Å². The lowest BCUT2D eigenvalue weighted by Crippen LogP contribution is -2.37. The fraction of sp³-hybridized carbons (Fsp3) is 0.917. The van der Waals surface area contributed by atoms with E-state index in [2.05, 4.69) is 13.8 Å². The molecule has 0 radical (unpaired) electrons. The predicted octanol–water partition coefficient (Wildman–Crippen LogP) is 2.34. The molecular formula is C12H25NO2. The Labute approximate surface area is 93.4 Å². The summed E-state index contributed by atoms with van der Waals surface area (Å²) < 4.78 is 5.28. The first-order valence-corrected chi connectivity index (χ1v) is 5.87. The lowest BCUT2D eigenvalue weighted by Gasteiger charge is -2.24. The van der Waals surface area contributed by atoms with Crippen molar-refractivity contribution in [3.63, 3.8) is 0 Å². The summed E-state index contributed by atoms with van der Waals surface area (Å²) in [5.74, 6) is 0.285. The van der Waals surface area contributed by atoms with E-state index in [1.165, 1.54) is 0 Å². The molecule has 0 aliphatic rings. The number of esters is 1. The van der Waals surface area contributed by atoms with E-state index in [0.717, 1.165) is 19.3 Å². The van der Waals surface area contributed by atoms with E-state index >= 15 is 0 Å². The number of carbonyl (C=O) groups excluding carboxylic acids is 1. The van der Waals surface area contributed by atoms with Gasteiger partial charge in [-0.3, -0.25) is 4.79 Å². The summed E-state index contributed by atoms with van der Waals surface area (Å²) >= 11 is 0. The molecule has 2 N–H and O–H groups in total. The maximum atomic E-state index is 11.7. The van der Waals surface area contributed by atoms with E-state index in [-0.39, 0.29) is 5.97 Å². The van der Waals surface area contributed by atoms with Gasteiger partial charge in [-0.1, -0.05) is 27.2 Å². The third-order valence-corrected chi connectivity index (χ3v) is 3.00. The number of nitrogens with two attached hydrogens (primary N) is 1. The molecule has 3 nitrogen and oxygen atoms in total. The van der Waals surface area contributed by atoms with Crippen LogP contribution >= 0.6 is 0 Å². The molecule has 3 heteroatoms. The molecule has 0 saturated carbocycles. The number of hydrogen-bond donors (Lipinski definition) is 1. The fourth-order valence-corrected chi connectivity index (χ4v) is 1.34. The van der Waals surface area contributed by atoms with Crippen molar-refractivity contribution >= 4 is 5.97 Å². The van der Waals surface area contributed by atoms with Crippen molar-refractivity contribution in [2.45, 2.75) is 47.0 Å². The van der Waals surface area contributed by atoms with Crippen molar-refractivity contribution in [2.75, 3.05) is 13.2 Å². The second kappa shape index (κ2) is 6.83. The van der Waals surface area contributed by atoms with Crippen LogP contribution in [-0.4, -0.2) is 19.1 Å². The highest BCUT2D eigenvalue weighted by Crippen LogP contribution is 2.21. The molecule has 0 aromatic heterocycles. The lowest BCUT2D eigenvalue weighted by molar-refractivity contribution is -0.155. The standard InChI is InChI=1S/C12H25NO2/c1-5-7-10(3)8-15-11(14)12(4,6-2)9-13/h10H,5-9,13H2,1-4H3. The van der Waals surface area contributed by atoms with E-state index in [4.69, 9.17) is 10.5 Å². The molecule has 0 aromatic carbocycles. The fourth-order valence-electron chi connectivity index (χ4n) is 1.34. The van der Waals surface area contributed by atoms with Gasteiger partial charge < -0.3 is 10.5 Å². The first kappa shape index (κ1) is 14.4. The van der Waals surface area contributed by atoms with Crippen LogP contribution in [-0.2, 0) is 9.53 Å². The Morgan fingerprint density at radius 1 is 1.47 bits per heavy atom. The van der Waals surface area contributed by atoms with Gasteiger partial charge in [-0.15, -0.1) is 0 Å². The maximum absolute atomic E-state index is 11.7. The summed E-state index contributed by atoms with van der Waals surface area (Å²) in [5.41, 5.74) is 5.07. The van der Waals surface area contributed by atoms with Crippen LogP contribution in [0.4, 0.5) is 0 Å². The van der Waals surface area contributed by atoms with Gasteiger partial charge in [0, 0.05) is 6.54 Å². The van der Waals surface area contributed by atoms with E-state index in [1.54, 1.807) is 0 Å². The van der Waals surface area contributed by atoms with Gasteiger partial charge in [0.25, 0.3) is 0 Å². The molecule has 0 amide bonds. The van der Waals surface area contributed by atoms with E-state index in [1.807, 2.05) is 13.8 Å². The van der Waals surface area contributed by atoms with Gasteiger partial charge in [0.2, 0.25) is 0 Å². The third kappa shape index (κ3) is 4.65. The predicted molar refractivity (Wildman–Crippen MR) is 62.5 cm³/mol. The summed E-state index contributed by atoms with van der Waals surface area (Å²) in [5, 5.41) is 0. The van der Waals surface area contributed by atoms with Crippen LogP contribution in [0.3, 0.4) is 0 Å². The van der Waals surface area contributed by atoms with Crippen LogP contribution < -0.4 is 5.73 Å². The summed E-state index contributed by atoms with van der Waals surface area (Å²) in [4.78, 5) is 11.7. The van der Waals surface area contributed by atoms with Gasteiger partial charge in [-0.2, -0.15) is 0 Å². The van der Waals surface area contributed by atoms with Crippen LogP contribution in [0.2, 0.25) is 0 Å². The summed E-state index contributed by atoms with van der Waals surface area (Å²) in [7, 11) is 0. The van der Waals surface area contributed by atoms with Crippen molar-refractivity contribution in [2.24, 2.45) is 17.1 Å². The minimum atomic E-state index is -0.508. The summed E-state index contributed by atoms with van der Waals surface area (Å²) in [6.45, 7) is 8.92. The van der Waals surface area contributed by atoms with Crippen molar-refractivity contribution < 1.29 is 9.53 Å². The van der Waals surface area contributed by atoms with Crippen LogP contribution in [0.15, 0.2) is 0 Å². The monoisotopic (exact) mass is 215 g/mol. The molecule has 0 rings (SSSR count). The molecule has 0 aliphatic heterocycles. The van der Waals surface area contributed by atoms with Crippen molar-refractivity contribution in [3.8, 4) is 0 Å². The molecule has 90 valence electrons. The van der Waals surface area contributed by atoms with Crippen LogP contribution in [0.1, 0.15) is 47.0 Å². The topological polar surface area (TPSA) is 52.3 Å². The highest BCUT2D eigenvalue weighted by molar-refractivity contribution is 5.76. The number of hydrogen-bond acceptors (Lipinski definition) is 3. The zero-order chi connectivity index (χ0) is 11.9. The minimum absolute atomic E-state index is 0.157. The first-order chi connectivity index (χ1) is 7.00. The number of ether oxygens (including phenoxy) is 1. The molecule has 15 heavy (non-hydrogen) atoms. The molecule has 0 bridgehead atoms. The summed E-state index contributed by atoms with van der Waals surface area (Å²) in [6, 6.07) is 0. The Balaban J connectivity index is 4.02. The Bertz CT molecular complexity index is 188. The van der Waals surface area contributed by atoms with Gasteiger partial charge in [0.1, 0.15) is 0 Å². The highest BCUT2D eigenvalue weighted by Gasteiger charge is 2.31. The SMILES string of the molecule is CCCC(C)COC(=O)C(C)(CC)CN. The second-order valence-corrected chi connectivity index (χ2v) is 4.61. The van der Waals surface area contributed by atoms with Gasteiger partial charge in [0.05, 0.1) is 12.0 Å². The van der Waals surface area contributed by atoms with Crippen LogP contribution in [0.5, 0.6) is 0 Å². The zero-order valence-corrected chi connectivity index (χ0v) is 10.5. The molecule has 0 aromatic rings. The summed E-state index contributed by atoms with van der Waals surface area (Å²) in [6.07, 6.45) is 2.95. The Morgan fingerprint density at radius 3 is 2.47 bits per heavy atom. The molecule has 2 atom stereocenters.